The molecule has 1 heterocycles. The number of carbonyl (C=O) groups is 1. The van der Waals surface area contributed by atoms with Gasteiger partial charge in [-0.3, -0.25) is 0 Å². The number of hydrogen-bond acceptors (Lipinski definition) is 4. The molecule has 0 saturated heterocycles. The van der Waals surface area contributed by atoms with E-state index in [1.807, 2.05) is 0 Å². The van der Waals surface area contributed by atoms with Crippen molar-refractivity contribution in [1.29, 1.82) is 0 Å². The van der Waals surface area contributed by atoms with Crippen molar-refractivity contribution in [3.05, 3.63) is 47.7 Å². The highest BCUT2D eigenvalue weighted by atomic mass is 19.4. The molecule has 0 aliphatic heterocycles. The van der Waals surface area contributed by atoms with E-state index in [4.69, 9.17) is 9.84 Å². The maximum atomic E-state index is 13.1. The van der Waals surface area contributed by atoms with E-state index in [9.17, 15) is 22.4 Å². The molecule has 2 rings (SSSR count). The molecular weight excluding hydrogens is 296 g/mol. The van der Waals surface area contributed by atoms with E-state index in [1.54, 1.807) is 0 Å². The monoisotopic (exact) mass is 302 g/mol. The summed E-state index contributed by atoms with van der Waals surface area (Å²) in [4.78, 5) is 17.6. The molecule has 110 valence electrons. The van der Waals surface area contributed by atoms with Crippen molar-refractivity contribution in [1.82, 2.24) is 9.97 Å². The smallest absolute Gasteiger partial charge is 0.419 e. The van der Waals surface area contributed by atoms with Crippen LogP contribution in [0.15, 0.2) is 30.6 Å². The molecule has 1 N–H and O–H groups in total. The number of alkyl halides is 3. The fourth-order valence-electron chi connectivity index (χ4n) is 1.39. The predicted molar refractivity (Wildman–Crippen MR) is 60.5 cm³/mol. The number of aromatic nitrogens is 2. The third-order valence-corrected chi connectivity index (χ3v) is 2.31. The van der Waals surface area contributed by atoms with Crippen molar-refractivity contribution in [2.45, 2.75) is 6.18 Å². The van der Waals surface area contributed by atoms with Crippen LogP contribution < -0.4 is 4.74 Å². The van der Waals surface area contributed by atoms with Gasteiger partial charge in [-0.2, -0.15) is 13.2 Å². The van der Waals surface area contributed by atoms with Gasteiger partial charge in [-0.25, -0.2) is 19.2 Å². The van der Waals surface area contributed by atoms with Crippen LogP contribution in [0.3, 0.4) is 0 Å². The molecule has 1 aromatic heterocycles. The van der Waals surface area contributed by atoms with Crippen molar-refractivity contribution >= 4 is 5.97 Å². The Morgan fingerprint density at radius 1 is 1.19 bits per heavy atom. The summed E-state index contributed by atoms with van der Waals surface area (Å²) in [6, 6.07) is 2.07. The molecular formula is C12H6F4N2O3. The van der Waals surface area contributed by atoms with Crippen molar-refractivity contribution in [2.75, 3.05) is 0 Å². The SMILES string of the molecule is O=C(O)c1cnc(Oc2ccc(F)c(C(F)(F)F)c2)cn1. The molecule has 0 fully saturated rings. The van der Waals surface area contributed by atoms with Gasteiger partial charge in [-0.1, -0.05) is 0 Å². The Balaban J connectivity index is 2.26. The van der Waals surface area contributed by atoms with Gasteiger partial charge in [0.05, 0.1) is 18.0 Å². The molecule has 0 unspecified atom stereocenters. The van der Waals surface area contributed by atoms with Crippen LogP contribution in [-0.4, -0.2) is 21.0 Å². The Labute approximate surface area is 114 Å². The maximum Gasteiger partial charge on any atom is 0.419 e. The molecule has 9 heteroatoms. The average Bonchev–Trinajstić information content (AvgIpc) is 2.40. The third kappa shape index (κ3) is 3.44. The van der Waals surface area contributed by atoms with Crippen LogP contribution in [0.2, 0.25) is 0 Å². The highest BCUT2D eigenvalue weighted by Gasteiger charge is 2.34. The van der Waals surface area contributed by atoms with Gasteiger partial charge in [-0.15, -0.1) is 0 Å². The predicted octanol–water partition coefficient (Wildman–Crippen LogP) is 3.13. The van der Waals surface area contributed by atoms with Crippen molar-refractivity contribution in [3.8, 4) is 11.6 Å². The molecule has 2 aromatic rings. The minimum absolute atomic E-state index is 0.222. The Bertz CT molecular complexity index is 671. The van der Waals surface area contributed by atoms with Gasteiger partial charge < -0.3 is 9.84 Å². The minimum Gasteiger partial charge on any atom is -0.476 e. The molecule has 0 radical (unpaired) electrons. The Hall–Kier alpha value is -2.71. The summed E-state index contributed by atoms with van der Waals surface area (Å²) in [5.41, 5.74) is -1.83. The maximum absolute atomic E-state index is 13.1. The standard InChI is InChI=1S/C12H6F4N2O3/c13-8-2-1-6(3-7(8)12(14,15)16)21-10-5-17-9(4-18-10)11(19)20/h1-5H,(H,19,20). The zero-order valence-corrected chi connectivity index (χ0v) is 10.1. The second-order valence-electron chi connectivity index (χ2n) is 3.79. The molecule has 1 aromatic carbocycles. The van der Waals surface area contributed by atoms with Gasteiger partial charge in [0.25, 0.3) is 0 Å². The lowest BCUT2D eigenvalue weighted by Gasteiger charge is -2.10. The first-order valence-electron chi connectivity index (χ1n) is 5.37. The molecule has 0 bridgehead atoms. The lowest BCUT2D eigenvalue weighted by molar-refractivity contribution is -0.140. The van der Waals surface area contributed by atoms with Crippen LogP contribution in [0, 0.1) is 5.82 Å². The van der Waals surface area contributed by atoms with Crippen LogP contribution in [0.1, 0.15) is 16.1 Å². The van der Waals surface area contributed by atoms with Crippen LogP contribution in [0.4, 0.5) is 17.6 Å². The van der Waals surface area contributed by atoms with Crippen LogP contribution in [0.25, 0.3) is 0 Å². The first-order valence-corrected chi connectivity index (χ1v) is 5.37. The topological polar surface area (TPSA) is 72.3 Å². The van der Waals surface area contributed by atoms with E-state index in [2.05, 4.69) is 9.97 Å². The normalized spacial score (nSPS) is 11.2. The fraction of sp³-hybridized carbons (Fsp3) is 0.0833. The van der Waals surface area contributed by atoms with E-state index >= 15 is 0 Å². The number of benzene rings is 1. The molecule has 0 aliphatic rings. The Morgan fingerprint density at radius 3 is 2.43 bits per heavy atom. The number of rotatable bonds is 3. The molecule has 0 spiro atoms. The molecule has 0 amide bonds. The lowest BCUT2D eigenvalue weighted by Crippen LogP contribution is -2.08. The van der Waals surface area contributed by atoms with Gasteiger partial charge >= 0.3 is 12.1 Å². The molecule has 21 heavy (non-hydrogen) atoms. The van der Waals surface area contributed by atoms with Gasteiger partial charge in [-0.05, 0) is 18.2 Å². The molecule has 0 saturated carbocycles. The number of halogens is 4. The summed E-state index contributed by atoms with van der Waals surface area (Å²) >= 11 is 0. The summed E-state index contributed by atoms with van der Waals surface area (Å²) in [7, 11) is 0. The average molecular weight is 302 g/mol. The highest BCUT2D eigenvalue weighted by molar-refractivity contribution is 5.84. The summed E-state index contributed by atoms with van der Waals surface area (Å²) in [6.07, 6.45) is -3.05. The number of hydrogen-bond donors (Lipinski definition) is 1. The fourth-order valence-corrected chi connectivity index (χ4v) is 1.39. The zero-order chi connectivity index (χ0) is 15.6. The quantitative estimate of drug-likeness (QED) is 0.882. The number of ether oxygens (including phenoxy) is 1. The van der Waals surface area contributed by atoms with E-state index < -0.39 is 23.5 Å². The lowest BCUT2D eigenvalue weighted by atomic mass is 10.2. The number of carboxylic acids is 1. The van der Waals surface area contributed by atoms with Gasteiger partial charge in [0.2, 0.25) is 5.88 Å². The second kappa shape index (κ2) is 5.35. The number of nitrogens with zero attached hydrogens (tertiary/aromatic N) is 2. The third-order valence-electron chi connectivity index (χ3n) is 2.31. The second-order valence-corrected chi connectivity index (χ2v) is 3.79. The van der Waals surface area contributed by atoms with Crippen molar-refractivity contribution < 1.29 is 32.2 Å². The highest BCUT2D eigenvalue weighted by Crippen LogP contribution is 2.34. The van der Waals surface area contributed by atoms with E-state index in [0.29, 0.717) is 12.1 Å². The summed E-state index contributed by atoms with van der Waals surface area (Å²) in [5, 5.41) is 8.61. The Morgan fingerprint density at radius 2 is 1.90 bits per heavy atom. The first-order chi connectivity index (χ1) is 9.77. The first kappa shape index (κ1) is 14.7. The largest absolute Gasteiger partial charge is 0.476 e. The van der Waals surface area contributed by atoms with Crippen LogP contribution in [0.5, 0.6) is 11.6 Å². The van der Waals surface area contributed by atoms with E-state index in [0.717, 1.165) is 18.5 Å². The summed E-state index contributed by atoms with van der Waals surface area (Å²) in [5.74, 6) is -3.27. The summed E-state index contributed by atoms with van der Waals surface area (Å²) in [6.45, 7) is 0. The molecule has 5 nitrogen and oxygen atoms in total. The molecule has 0 atom stereocenters. The van der Waals surface area contributed by atoms with Gasteiger partial charge in [0.1, 0.15) is 11.6 Å². The van der Waals surface area contributed by atoms with Crippen LogP contribution >= 0.6 is 0 Å². The Kier molecular flexibility index (Phi) is 3.74. The van der Waals surface area contributed by atoms with Crippen LogP contribution in [-0.2, 0) is 6.18 Å². The summed E-state index contributed by atoms with van der Waals surface area (Å²) < 4.78 is 55.6. The molecule has 0 aliphatic carbocycles. The van der Waals surface area contributed by atoms with E-state index in [1.165, 1.54) is 0 Å². The minimum atomic E-state index is -4.86. The number of carboxylic acid groups (broad SMARTS) is 1. The van der Waals surface area contributed by atoms with Crippen molar-refractivity contribution in [2.24, 2.45) is 0 Å². The van der Waals surface area contributed by atoms with Crippen molar-refractivity contribution in [3.63, 3.8) is 0 Å². The van der Waals surface area contributed by atoms with E-state index in [-0.39, 0.29) is 17.3 Å². The van der Waals surface area contributed by atoms with Gasteiger partial charge in [0.15, 0.2) is 5.69 Å². The zero-order valence-electron chi connectivity index (χ0n) is 10.1. The van der Waals surface area contributed by atoms with Gasteiger partial charge in [0, 0.05) is 0 Å². The number of aromatic carboxylic acids is 1.